The van der Waals surface area contributed by atoms with Crippen LogP contribution < -0.4 is 0 Å². The Balaban J connectivity index is 2.33. The van der Waals surface area contributed by atoms with Crippen molar-refractivity contribution in [1.29, 1.82) is 0 Å². The SMILES string of the molecule is CCCN(CC(=O)O)C(=O)c1n[nH]c2ccccc12. The van der Waals surface area contributed by atoms with E-state index >= 15 is 0 Å². The molecule has 1 aromatic heterocycles. The van der Waals surface area contributed by atoms with Gasteiger partial charge in [-0.2, -0.15) is 5.10 Å². The van der Waals surface area contributed by atoms with Crippen molar-refractivity contribution in [1.82, 2.24) is 15.1 Å². The summed E-state index contributed by atoms with van der Waals surface area (Å²) in [5, 5.41) is 16.3. The van der Waals surface area contributed by atoms with Gasteiger partial charge < -0.3 is 10.0 Å². The quantitative estimate of drug-likeness (QED) is 0.854. The van der Waals surface area contributed by atoms with E-state index in [1.807, 2.05) is 25.1 Å². The number of hydrogen-bond donors (Lipinski definition) is 2. The van der Waals surface area contributed by atoms with Gasteiger partial charge in [-0.3, -0.25) is 14.7 Å². The molecule has 100 valence electrons. The van der Waals surface area contributed by atoms with E-state index in [4.69, 9.17) is 5.11 Å². The molecule has 2 rings (SSSR count). The van der Waals surface area contributed by atoms with E-state index in [1.165, 1.54) is 4.90 Å². The molecule has 19 heavy (non-hydrogen) atoms. The number of carboxylic acid groups (broad SMARTS) is 1. The summed E-state index contributed by atoms with van der Waals surface area (Å²) in [6, 6.07) is 7.27. The third kappa shape index (κ3) is 2.73. The maximum atomic E-state index is 12.3. The predicted molar refractivity (Wildman–Crippen MR) is 69.9 cm³/mol. The highest BCUT2D eigenvalue weighted by molar-refractivity contribution is 6.05. The maximum absolute atomic E-state index is 12.3. The highest BCUT2D eigenvalue weighted by Gasteiger charge is 2.21. The Labute approximate surface area is 110 Å². The number of aromatic nitrogens is 2. The van der Waals surface area contributed by atoms with Gasteiger partial charge in [0, 0.05) is 11.9 Å². The van der Waals surface area contributed by atoms with Gasteiger partial charge in [0.1, 0.15) is 6.54 Å². The van der Waals surface area contributed by atoms with Crippen molar-refractivity contribution < 1.29 is 14.7 Å². The van der Waals surface area contributed by atoms with Crippen LogP contribution in [0.4, 0.5) is 0 Å². The lowest BCUT2D eigenvalue weighted by molar-refractivity contribution is -0.137. The fourth-order valence-corrected chi connectivity index (χ4v) is 1.96. The smallest absolute Gasteiger partial charge is 0.323 e. The first kappa shape index (κ1) is 13.1. The summed E-state index contributed by atoms with van der Waals surface area (Å²) >= 11 is 0. The standard InChI is InChI=1S/C13H15N3O3/c1-2-7-16(8-11(17)18)13(19)12-9-5-3-4-6-10(9)14-15-12/h3-6H,2,7-8H2,1H3,(H,14,15)(H,17,18). The first-order valence-electron chi connectivity index (χ1n) is 6.07. The number of rotatable bonds is 5. The number of carbonyl (C=O) groups is 2. The summed E-state index contributed by atoms with van der Waals surface area (Å²) in [6.45, 7) is 1.98. The van der Waals surface area contributed by atoms with Crippen LogP contribution in [0.3, 0.4) is 0 Å². The number of benzene rings is 1. The number of H-pyrrole nitrogens is 1. The zero-order valence-corrected chi connectivity index (χ0v) is 10.6. The van der Waals surface area contributed by atoms with Crippen LogP contribution in [0.15, 0.2) is 24.3 Å². The van der Waals surface area contributed by atoms with Gasteiger partial charge >= 0.3 is 5.97 Å². The molecule has 0 saturated carbocycles. The van der Waals surface area contributed by atoms with Crippen LogP contribution in [-0.2, 0) is 4.79 Å². The number of para-hydroxylation sites is 1. The molecule has 1 amide bonds. The van der Waals surface area contributed by atoms with E-state index in [0.717, 1.165) is 5.52 Å². The molecule has 1 heterocycles. The Morgan fingerprint density at radius 1 is 1.37 bits per heavy atom. The summed E-state index contributed by atoms with van der Waals surface area (Å²) in [5.41, 5.74) is 1.03. The predicted octanol–water partition coefficient (Wildman–Crippen LogP) is 1.50. The number of nitrogens with one attached hydrogen (secondary N) is 1. The second kappa shape index (κ2) is 5.51. The van der Waals surface area contributed by atoms with Crippen LogP contribution in [0.1, 0.15) is 23.8 Å². The molecule has 0 unspecified atom stereocenters. The van der Waals surface area contributed by atoms with Crippen LogP contribution >= 0.6 is 0 Å². The maximum Gasteiger partial charge on any atom is 0.323 e. The van der Waals surface area contributed by atoms with Crippen LogP contribution in [0.25, 0.3) is 10.9 Å². The van der Waals surface area contributed by atoms with Gasteiger partial charge in [-0.05, 0) is 12.5 Å². The second-order valence-electron chi connectivity index (χ2n) is 4.24. The molecule has 6 nitrogen and oxygen atoms in total. The van der Waals surface area contributed by atoms with Crippen molar-refractivity contribution in [3.05, 3.63) is 30.0 Å². The molecule has 2 aromatic rings. The summed E-state index contributed by atoms with van der Waals surface area (Å²) in [5.74, 6) is -1.39. The number of hydrogen-bond acceptors (Lipinski definition) is 3. The summed E-state index contributed by atoms with van der Waals surface area (Å²) in [6.07, 6.45) is 0.696. The van der Waals surface area contributed by atoms with Crippen LogP contribution in [0.2, 0.25) is 0 Å². The van der Waals surface area contributed by atoms with E-state index in [-0.39, 0.29) is 18.1 Å². The Kier molecular flexibility index (Phi) is 3.79. The van der Waals surface area contributed by atoms with Gasteiger partial charge in [-0.1, -0.05) is 25.1 Å². The number of carboxylic acids is 1. The van der Waals surface area contributed by atoms with Crippen molar-refractivity contribution in [2.45, 2.75) is 13.3 Å². The van der Waals surface area contributed by atoms with E-state index in [1.54, 1.807) is 6.07 Å². The molecule has 2 N–H and O–H groups in total. The number of fused-ring (bicyclic) bond motifs is 1. The Bertz CT molecular complexity index is 606. The molecule has 0 radical (unpaired) electrons. The van der Waals surface area contributed by atoms with Crippen LogP contribution in [0.5, 0.6) is 0 Å². The van der Waals surface area contributed by atoms with Gasteiger partial charge in [0.15, 0.2) is 5.69 Å². The van der Waals surface area contributed by atoms with E-state index in [9.17, 15) is 9.59 Å². The summed E-state index contributed by atoms with van der Waals surface area (Å²) in [7, 11) is 0. The molecule has 0 aliphatic heterocycles. The molecule has 0 aliphatic rings. The molecule has 0 atom stereocenters. The lowest BCUT2D eigenvalue weighted by Crippen LogP contribution is -2.36. The molecule has 6 heteroatoms. The highest BCUT2D eigenvalue weighted by Crippen LogP contribution is 2.16. The number of nitrogens with zero attached hydrogens (tertiary/aromatic N) is 2. The first-order valence-corrected chi connectivity index (χ1v) is 6.07. The molecular formula is C13H15N3O3. The molecule has 0 aliphatic carbocycles. The topological polar surface area (TPSA) is 86.3 Å². The molecule has 0 spiro atoms. The normalized spacial score (nSPS) is 10.6. The zero-order chi connectivity index (χ0) is 13.8. The Morgan fingerprint density at radius 2 is 2.11 bits per heavy atom. The number of carbonyl (C=O) groups excluding carboxylic acids is 1. The highest BCUT2D eigenvalue weighted by atomic mass is 16.4. The third-order valence-electron chi connectivity index (χ3n) is 2.78. The van der Waals surface area contributed by atoms with Crippen molar-refractivity contribution in [3.8, 4) is 0 Å². The average molecular weight is 261 g/mol. The molecule has 1 aromatic carbocycles. The van der Waals surface area contributed by atoms with E-state index < -0.39 is 5.97 Å². The minimum atomic E-state index is -1.03. The van der Waals surface area contributed by atoms with Gasteiger partial charge in [0.25, 0.3) is 5.91 Å². The number of amides is 1. The van der Waals surface area contributed by atoms with Crippen molar-refractivity contribution in [3.63, 3.8) is 0 Å². The van der Waals surface area contributed by atoms with Crippen LogP contribution in [-0.4, -0.2) is 45.2 Å². The molecular weight excluding hydrogens is 246 g/mol. The van der Waals surface area contributed by atoms with E-state index in [2.05, 4.69) is 10.2 Å². The average Bonchev–Trinajstić information content (AvgIpc) is 2.80. The monoisotopic (exact) mass is 261 g/mol. The largest absolute Gasteiger partial charge is 0.480 e. The first-order chi connectivity index (χ1) is 9.13. The zero-order valence-electron chi connectivity index (χ0n) is 10.6. The Morgan fingerprint density at radius 3 is 2.79 bits per heavy atom. The molecule has 0 saturated heterocycles. The molecule has 0 bridgehead atoms. The fraction of sp³-hybridized carbons (Fsp3) is 0.308. The second-order valence-corrected chi connectivity index (χ2v) is 4.24. The molecule has 0 fully saturated rings. The van der Waals surface area contributed by atoms with Gasteiger partial charge in [-0.25, -0.2) is 0 Å². The van der Waals surface area contributed by atoms with E-state index in [0.29, 0.717) is 18.4 Å². The van der Waals surface area contributed by atoms with Gasteiger partial charge in [0.2, 0.25) is 0 Å². The minimum Gasteiger partial charge on any atom is -0.480 e. The summed E-state index contributed by atoms with van der Waals surface area (Å²) < 4.78 is 0. The van der Waals surface area contributed by atoms with Gasteiger partial charge in [0.05, 0.1) is 5.52 Å². The van der Waals surface area contributed by atoms with Crippen molar-refractivity contribution in [2.24, 2.45) is 0 Å². The van der Waals surface area contributed by atoms with Crippen molar-refractivity contribution in [2.75, 3.05) is 13.1 Å². The third-order valence-corrected chi connectivity index (χ3v) is 2.78. The Hall–Kier alpha value is -2.37. The lowest BCUT2D eigenvalue weighted by atomic mass is 10.2. The van der Waals surface area contributed by atoms with Gasteiger partial charge in [-0.15, -0.1) is 0 Å². The minimum absolute atomic E-state index is 0.269. The number of aromatic amines is 1. The fourth-order valence-electron chi connectivity index (χ4n) is 1.96. The van der Waals surface area contributed by atoms with Crippen LogP contribution in [0, 0.1) is 0 Å². The summed E-state index contributed by atoms with van der Waals surface area (Å²) in [4.78, 5) is 24.4. The lowest BCUT2D eigenvalue weighted by Gasteiger charge is -2.18. The van der Waals surface area contributed by atoms with Crippen molar-refractivity contribution >= 4 is 22.8 Å². The number of aliphatic carboxylic acids is 1.